The lowest BCUT2D eigenvalue weighted by Gasteiger charge is -2.22. The fraction of sp³-hybridized carbons (Fsp3) is 0.261. The fourth-order valence-electron chi connectivity index (χ4n) is 3.93. The number of ether oxygens (including phenoxy) is 1. The van der Waals surface area contributed by atoms with Gasteiger partial charge < -0.3 is 14.6 Å². The van der Waals surface area contributed by atoms with E-state index in [1.54, 1.807) is 62.4 Å². The Bertz CT molecular complexity index is 1300. The van der Waals surface area contributed by atoms with Gasteiger partial charge >= 0.3 is 5.97 Å². The van der Waals surface area contributed by atoms with Crippen LogP contribution >= 0.6 is 0 Å². The van der Waals surface area contributed by atoms with Crippen molar-refractivity contribution >= 4 is 33.4 Å². The van der Waals surface area contributed by atoms with Crippen molar-refractivity contribution < 1.29 is 27.3 Å². The predicted molar refractivity (Wildman–Crippen MR) is 121 cm³/mol. The average Bonchev–Trinajstić information content (AvgIpc) is 3.32. The van der Waals surface area contributed by atoms with E-state index in [0.29, 0.717) is 23.4 Å². The van der Waals surface area contributed by atoms with Gasteiger partial charge in [0.05, 0.1) is 17.5 Å². The highest BCUT2D eigenvalue weighted by atomic mass is 32.2. The fourth-order valence-corrected chi connectivity index (χ4v) is 5.19. The molecular formula is C23H23N3O6S. The summed E-state index contributed by atoms with van der Waals surface area (Å²) in [7, 11) is -3.44. The Morgan fingerprint density at radius 3 is 2.55 bits per heavy atom. The third kappa shape index (κ3) is 4.75. The van der Waals surface area contributed by atoms with Crippen molar-refractivity contribution in [3.63, 3.8) is 0 Å². The Morgan fingerprint density at radius 1 is 1.18 bits per heavy atom. The van der Waals surface area contributed by atoms with E-state index in [1.165, 1.54) is 10.4 Å². The Hall–Kier alpha value is -3.66. The molecule has 0 bridgehead atoms. The summed E-state index contributed by atoms with van der Waals surface area (Å²) in [5.74, 6) is -0.555. The number of fused-ring (bicyclic) bond motifs is 1. The third-order valence-corrected chi connectivity index (χ3v) is 6.54. The maximum atomic E-state index is 13.0. The molecule has 0 aliphatic carbocycles. The molecule has 0 radical (unpaired) electrons. The first-order chi connectivity index (χ1) is 15.6. The minimum Gasteiger partial charge on any atom is -0.444 e. The lowest BCUT2D eigenvalue weighted by Crippen LogP contribution is -2.34. The second kappa shape index (κ2) is 8.70. The van der Waals surface area contributed by atoms with Crippen LogP contribution in [0.4, 0.5) is 11.5 Å². The van der Waals surface area contributed by atoms with Crippen molar-refractivity contribution in [2.75, 3.05) is 15.9 Å². The smallest absolute Gasteiger partial charge is 0.339 e. The lowest BCUT2D eigenvalue weighted by atomic mass is 10.1. The van der Waals surface area contributed by atoms with Crippen LogP contribution in [-0.2, 0) is 26.0 Å². The number of nitrogens with zero attached hydrogens (tertiary/aromatic N) is 2. The van der Waals surface area contributed by atoms with Crippen LogP contribution in [0.5, 0.6) is 0 Å². The zero-order chi connectivity index (χ0) is 23.8. The van der Waals surface area contributed by atoms with E-state index in [1.807, 2.05) is 0 Å². The number of hydrogen-bond donors (Lipinski definition) is 1. The molecule has 2 heterocycles. The molecule has 4 rings (SSSR count). The van der Waals surface area contributed by atoms with Gasteiger partial charge in [0, 0.05) is 17.7 Å². The summed E-state index contributed by atoms with van der Waals surface area (Å²) in [5.41, 5.74) is 1.98. The van der Waals surface area contributed by atoms with E-state index in [0.717, 1.165) is 11.8 Å². The molecule has 1 aliphatic rings. The predicted octanol–water partition coefficient (Wildman–Crippen LogP) is 3.23. The van der Waals surface area contributed by atoms with Crippen LogP contribution in [0, 0.1) is 6.92 Å². The quantitative estimate of drug-likeness (QED) is 0.551. The van der Waals surface area contributed by atoms with Crippen molar-refractivity contribution in [1.29, 1.82) is 0 Å². The summed E-state index contributed by atoms with van der Waals surface area (Å²) >= 11 is 0. The highest BCUT2D eigenvalue weighted by molar-refractivity contribution is 7.92. The molecule has 1 amide bonds. The number of aryl methyl sites for hydroxylation is 1. The third-order valence-electron chi connectivity index (χ3n) is 5.27. The van der Waals surface area contributed by atoms with Crippen LogP contribution in [-0.4, -0.2) is 37.7 Å². The van der Waals surface area contributed by atoms with Crippen LogP contribution in [0.2, 0.25) is 0 Å². The van der Waals surface area contributed by atoms with Gasteiger partial charge in [-0.15, -0.1) is 0 Å². The number of nitrogens with one attached hydrogen (secondary N) is 1. The molecule has 0 fully saturated rings. The highest BCUT2D eigenvalue weighted by Crippen LogP contribution is 2.35. The zero-order valence-corrected chi connectivity index (χ0v) is 19.1. The van der Waals surface area contributed by atoms with Crippen LogP contribution in [0.1, 0.15) is 40.3 Å². The topological polar surface area (TPSA) is 119 Å². The minimum atomic E-state index is -3.44. The van der Waals surface area contributed by atoms with Crippen molar-refractivity contribution in [3.05, 3.63) is 77.0 Å². The van der Waals surface area contributed by atoms with Gasteiger partial charge in [-0.3, -0.25) is 9.10 Å². The number of benzene rings is 2. The molecule has 0 saturated carbocycles. The first-order valence-corrected chi connectivity index (χ1v) is 12.1. The number of aromatic nitrogens is 1. The normalized spacial score (nSPS) is 16.2. The molecule has 1 N–H and O–H groups in total. The maximum absolute atomic E-state index is 13.0. The molecule has 9 nitrogen and oxygen atoms in total. The van der Waals surface area contributed by atoms with E-state index >= 15 is 0 Å². The Labute approximate surface area is 191 Å². The van der Waals surface area contributed by atoms with E-state index in [9.17, 15) is 18.0 Å². The molecular weight excluding hydrogens is 446 g/mol. The first-order valence-electron chi connectivity index (χ1n) is 10.3. The van der Waals surface area contributed by atoms with Gasteiger partial charge in [0.1, 0.15) is 5.76 Å². The summed E-state index contributed by atoms with van der Waals surface area (Å²) < 4.78 is 36.2. The summed E-state index contributed by atoms with van der Waals surface area (Å²) in [4.78, 5) is 25.9. The van der Waals surface area contributed by atoms with Gasteiger partial charge in [0.15, 0.2) is 5.82 Å². The second-order valence-electron chi connectivity index (χ2n) is 7.96. The molecule has 0 saturated heterocycles. The standard InChI is InChI=1S/C23H23N3O6S/c1-14-11-18-13-17(9-10-19(18)26(14)33(3,29)30)23(28)31-21(16-7-5-4-6-8-16)22(27)24-20-12-15(2)32-25-20/h4-10,12-14,21H,11H2,1-3H3,(H,24,25,27)/t14-,21+/m1/s1. The number of amides is 1. The first kappa shape index (κ1) is 22.5. The van der Waals surface area contributed by atoms with Gasteiger partial charge in [-0.2, -0.15) is 0 Å². The number of carbonyl (C=O) groups is 2. The van der Waals surface area contributed by atoms with Crippen molar-refractivity contribution in [3.8, 4) is 0 Å². The van der Waals surface area contributed by atoms with Crippen molar-refractivity contribution in [2.45, 2.75) is 32.4 Å². The van der Waals surface area contributed by atoms with Crippen LogP contribution in [0.25, 0.3) is 0 Å². The van der Waals surface area contributed by atoms with E-state index in [-0.39, 0.29) is 17.4 Å². The van der Waals surface area contributed by atoms with Crippen molar-refractivity contribution in [1.82, 2.24) is 5.16 Å². The number of sulfonamides is 1. The average molecular weight is 470 g/mol. The van der Waals surface area contributed by atoms with Gasteiger partial charge in [-0.25, -0.2) is 13.2 Å². The minimum absolute atomic E-state index is 0.210. The Kier molecular flexibility index (Phi) is 5.94. The van der Waals surface area contributed by atoms with Crippen LogP contribution in [0.3, 0.4) is 0 Å². The largest absolute Gasteiger partial charge is 0.444 e. The lowest BCUT2D eigenvalue weighted by molar-refractivity contribution is -0.125. The molecule has 3 aromatic rings. The van der Waals surface area contributed by atoms with E-state index in [2.05, 4.69) is 10.5 Å². The molecule has 172 valence electrons. The van der Waals surface area contributed by atoms with E-state index in [4.69, 9.17) is 9.26 Å². The summed E-state index contributed by atoms with van der Waals surface area (Å²) in [5, 5.41) is 6.33. The molecule has 2 aromatic carbocycles. The number of carbonyl (C=O) groups excluding carboxylic acids is 2. The zero-order valence-electron chi connectivity index (χ0n) is 18.3. The van der Waals surface area contributed by atoms with Gasteiger partial charge in [-0.05, 0) is 44.0 Å². The Balaban J connectivity index is 1.59. The second-order valence-corrected chi connectivity index (χ2v) is 9.82. The monoisotopic (exact) mass is 469 g/mol. The maximum Gasteiger partial charge on any atom is 0.339 e. The number of hydrogen-bond acceptors (Lipinski definition) is 7. The SMILES string of the molecule is Cc1cc(NC(=O)[C@@H](OC(=O)c2ccc3c(c2)C[C@@H](C)N3S(C)(=O)=O)c2ccccc2)no1. The number of esters is 1. The molecule has 0 unspecified atom stereocenters. The molecule has 2 atom stereocenters. The molecule has 33 heavy (non-hydrogen) atoms. The number of anilines is 2. The molecule has 10 heteroatoms. The molecule has 0 spiro atoms. The van der Waals surface area contributed by atoms with Crippen LogP contribution < -0.4 is 9.62 Å². The number of rotatable bonds is 6. The Morgan fingerprint density at radius 2 is 1.91 bits per heavy atom. The summed E-state index contributed by atoms with van der Waals surface area (Å²) in [6.07, 6.45) is 0.396. The summed E-state index contributed by atoms with van der Waals surface area (Å²) in [6.45, 7) is 3.50. The van der Waals surface area contributed by atoms with E-state index < -0.39 is 28.0 Å². The molecule has 1 aromatic heterocycles. The van der Waals surface area contributed by atoms with Crippen molar-refractivity contribution in [2.24, 2.45) is 0 Å². The van der Waals surface area contributed by atoms with Gasteiger partial charge in [-0.1, -0.05) is 35.5 Å². The van der Waals surface area contributed by atoms with Gasteiger partial charge in [0.2, 0.25) is 16.1 Å². The van der Waals surface area contributed by atoms with Gasteiger partial charge in [0.25, 0.3) is 5.91 Å². The van der Waals surface area contributed by atoms with Crippen LogP contribution in [0.15, 0.2) is 59.1 Å². The summed E-state index contributed by atoms with van der Waals surface area (Å²) in [6, 6.07) is 14.6. The molecule has 1 aliphatic heterocycles. The highest BCUT2D eigenvalue weighted by Gasteiger charge is 2.33.